The zero-order chi connectivity index (χ0) is 15.2. The Kier molecular flexibility index (Phi) is 3.19. The predicted molar refractivity (Wildman–Crippen MR) is 94.9 cm³/mol. The van der Waals surface area contributed by atoms with Gasteiger partial charge in [0.25, 0.3) is 0 Å². The fourth-order valence-corrected chi connectivity index (χ4v) is 5.00. The van der Waals surface area contributed by atoms with Gasteiger partial charge in [-0.3, -0.25) is 4.90 Å². The van der Waals surface area contributed by atoms with Crippen molar-refractivity contribution in [3.63, 3.8) is 0 Å². The Morgan fingerprint density at radius 3 is 2.74 bits per heavy atom. The summed E-state index contributed by atoms with van der Waals surface area (Å²) in [5, 5.41) is 0. The van der Waals surface area contributed by atoms with Gasteiger partial charge in [0, 0.05) is 44.3 Å². The summed E-state index contributed by atoms with van der Waals surface area (Å²) in [5.41, 5.74) is 6.27. The summed E-state index contributed by atoms with van der Waals surface area (Å²) in [7, 11) is 0. The summed E-state index contributed by atoms with van der Waals surface area (Å²) in [5.74, 6) is 1.54. The van der Waals surface area contributed by atoms with E-state index in [1.165, 1.54) is 44.6 Å². The van der Waals surface area contributed by atoms with Crippen LogP contribution in [-0.2, 0) is 13.0 Å². The third kappa shape index (κ3) is 2.28. The Hall–Kier alpha value is -1.80. The van der Waals surface area contributed by atoms with Gasteiger partial charge >= 0.3 is 0 Å². The molecule has 2 aromatic rings. The van der Waals surface area contributed by atoms with E-state index < -0.39 is 0 Å². The summed E-state index contributed by atoms with van der Waals surface area (Å²) in [6.07, 6.45) is 2.59. The van der Waals surface area contributed by atoms with E-state index in [4.69, 9.17) is 0 Å². The number of fused-ring (bicyclic) bond motifs is 2. The smallest absolute Gasteiger partial charge is 0.0434 e. The van der Waals surface area contributed by atoms with Crippen molar-refractivity contribution < 1.29 is 0 Å². The number of anilines is 1. The van der Waals surface area contributed by atoms with E-state index in [1.54, 1.807) is 16.8 Å². The van der Waals surface area contributed by atoms with Crippen LogP contribution in [0.2, 0.25) is 0 Å². The average molecular weight is 304 g/mol. The van der Waals surface area contributed by atoms with Gasteiger partial charge in [0.05, 0.1) is 0 Å². The van der Waals surface area contributed by atoms with Crippen molar-refractivity contribution >= 4 is 5.69 Å². The molecule has 0 bridgehead atoms. The normalized spacial score (nSPS) is 26.0. The van der Waals surface area contributed by atoms with E-state index in [2.05, 4.69) is 58.3 Å². The number of likely N-dealkylation sites (tertiary alicyclic amines) is 1. The van der Waals surface area contributed by atoms with Gasteiger partial charge in [0.15, 0.2) is 0 Å². The molecule has 118 valence electrons. The van der Waals surface area contributed by atoms with E-state index in [9.17, 15) is 0 Å². The second-order valence-electron chi connectivity index (χ2n) is 7.45. The maximum atomic E-state index is 2.68. The van der Waals surface area contributed by atoms with E-state index in [0.717, 1.165) is 18.4 Å². The zero-order valence-electron chi connectivity index (χ0n) is 13.6. The van der Waals surface area contributed by atoms with Crippen molar-refractivity contribution in [1.82, 2.24) is 4.90 Å². The van der Waals surface area contributed by atoms with Crippen LogP contribution in [0.4, 0.5) is 5.69 Å². The number of para-hydroxylation sites is 1. The van der Waals surface area contributed by atoms with Crippen LogP contribution in [0, 0.1) is 5.92 Å². The highest BCUT2D eigenvalue weighted by Gasteiger charge is 2.41. The lowest BCUT2D eigenvalue weighted by Crippen LogP contribution is -2.40. The minimum absolute atomic E-state index is 0.739. The second-order valence-corrected chi connectivity index (χ2v) is 7.45. The molecule has 0 spiro atoms. The Balaban J connectivity index is 1.43. The lowest BCUT2D eigenvalue weighted by molar-refractivity contribution is 0.316. The monoisotopic (exact) mass is 304 g/mol. The fourth-order valence-electron chi connectivity index (χ4n) is 5.00. The molecule has 2 nitrogen and oxygen atoms in total. The highest BCUT2D eigenvalue weighted by atomic mass is 15.2. The van der Waals surface area contributed by atoms with Gasteiger partial charge in [-0.1, -0.05) is 48.5 Å². The van der Waals surface area contributed by atoms with Crippen molar-refractivity contribution in [2.45, 2.75) is 25.3 Å². The van der Waals surface area contributed by atoms with Crippen LogP contribution in [0.1, 0.15) is 29.0 Å². The SMILES string of the molecule is c1ccc(CN2C[C@H]3CN4CCCc5cccc(c54)[C@@H]3C2)cc1. The molecule has 0 radical (unpaired) electrons. The first-order valence-electron chi connectivity index (χ1n) is 9.01. The van der Waals surface area contributed by atoms with Crippen LogP contribution in [0.5, 0.6) is 0 Å². The number of hydrogen-bond donors (Lipinski definition) is 0. The fraction of sp³-hybridized carbons (Fsp3) is 0.429. The van der Waals surface area contributed by atoms with Gasteiger partial charge in [-0.15, -0.1) is 0 Å². The maximum absolute atomic E-state index is 2.68. The van der Waals surface area contributed by atoms with Crippen molar-refractivity contribution in [3.8, 4) is 0 Å². The second kappa shape index (κ2) is 5.38. The minimum atomic E-state index is 0.739. The molecule has 0 N–H and O–H groups in total. The summed E-state index contributed by atoms with van der Waals surface area (Å²) < 4.78 is 0. The van der Waals surface area contributed by atoms with Crippen molar-refractivity contribution in [1.29, 1.82) is 0 Å². The third-order valence-electron chi connectivity index (χ3n) is 5.96. The first-order valence-corrected chi connectivity index (χ1v) is 9.01. The molecule has 0 unspecified atom stereocenters. The van der Waals surface area contributed by atoms with E-state index in [-0.39, 0.29) is 0 Å². The largest absolute Gasteiger partial charge is 0.371 e. The van der Waals surface area contributed by atoms with E-state index >= 15 is 0 Å². The molecular weight excluding hydrogens is 280 g/mol. The molecule has 3 heterocycles. The average Bonchev–Trinajstić information content (AvgIpc) is 2.99. The van der Waals surface area contributed by atoms with E-state index in [1.807, 2.05) is 0 Å². The Morgan fingerprint density at radius 2 is 1.83 bits per heavy atom. The molecule has 5 rings (SSSR count). The van der Waals surface area contributed by atoms with Crippen molar-refractivity contribution in [2.75, 3.05) is 31.1 Å². The third-order valence-corrected chi connectivity index (χ3v) is 5.96. The van der Waals surface area contributed by atoms with Crippen molar-refractivity contribution in [2.24, 2.45) is 5.92 Å². The van der Waals surface area contributed by atoms with Crippen LogP contribution in [0.15, 0.2) is 48.5 Å². The van der Waals surface area contributed by atoms with E-state index in [0.29, 0.717) is 0 Å². The van der Waals surface area contributed by atoms with Crippen LogP contribution in [0.25, 0.3) is 0 Å². The van der Waals surface area contributed by atoms with Crippen LogP contribution in [0.3, 0.4) is 0 Å². The summed E-state index contributed by atoms with van der Waals surface area (Å²) >= 11 is 0. The zero-order valence-corrected chi connectivity index (χ0v) is 13.6. The standard InChI is InChI=1S/C21H24N2/c1-2-6-16(7-3-1)12-22-13-18-14-23-11-5-9-17-8-4-10-19(21(17)23)20(18)15-22/h1-4,6-8,10,18,20H,5,9,11-15H2/t18-,20+/m0/s1. The number of rotatable bonds is 2. The molecule has 1 fully saturated rings. The molecule has 0 amide bonds. The summed E-state index contributed by atoms with van der Waals surface area (Å²) in [6.45, 7) is 6.10. The molecule has 23 heavy (non-hydrogen) atoms. The molecule has 3 aliphatic rings. The lowest BCUT2D eigenvalue weighted by atomic mass is 9.80. The number of aryl methyl sites for hydroxylation is 1. The first kappa shape index (κ1) is 13.6. The Labute approximate surface area is 138 Å². The topological polar surface area (TPSA) is 6.48 Å². The molecule has 3 aliphatic heterocycles. The molecule has 0 aromatic heterocycles. The quantitative estimate of drug-likeness (QED) is 0.835. The maximum Gasteiger partial charge on any atom is 0.0434 e. The molecule has 1 saturated heterocycles. The Bertz CT molecular complexity index is 709. The van der Waals surface area contributed by atoms with Gasteiger partial charge in [-0.2, -0.15) is 0 Å². The lowest BCUT2D eigenvalue weighted by Gasteiger charge is -2.41. The number of nitrogens with zero attached hydrogens (tertiary/aromatic N) is 2. The van der Waals surface area contributed by atoms with Crippen LogP contribution in [-0.4, -0.2) is 31.1 Å². The highest BCUT2D eigenvalue weighted by Crippen LogP contribution is 2.46. The molecule has 2 aromatic carbocycles. The summed E-state index contributed by atoms with van der Waals surface area (Å²) in [6, 6.07) is 18.0. The van der Waals surface area contributed by atoms with Gasteiger partial charge < -0.3 is 4.90 Å². The van der Waals surface area contributed by atoms with Gasteiger partial charge in [0.2, 0.25) is 0 Å². The van der Waals surface area contributed by atoms with Gasteiger partial charge in [-0.05, 0) is 35.4 Å². The van der Waals surface area contributed by atoms with Crippen LogP contribution >= 0.6 is 0 Å². The molecule has 0 aliphatic carbocycles. The number of hydrogen-bond acceptors (Lipinski definition) is 2. The van der Waals surface area contributed by atoms with Crippen molar-refractivity contribution in [3.05, 3.63) is 65.2 Å². The van der Waals surface area contributed by atoms with Gasteiger partial charge in [0.1, 0.15) is 0 Å². The van der Waals surface area contributed by atoms with Crippen LogP contribution < -0.4 is 4.90 Å². The summed E-state index contributed by atoms with van der Waals surface area (Å²) in [4.78, 5) is 5.35. The molecular formula is C21H24N2. The van der Waals surface area contributed by atoms with Gasteiger partial charge in [-0.25, -0.2) is 0 Å². The molecule has 2 atom stereocenters. The minimum Gasteiger partial charge on any atom is -0.371 e. The Morgan fingerprint density at radius 1 is 0.913 bits per heavy atom. The first-order chi connectivity index (χ1) is 11.4. The highest BCUT2D eigenvalue weighted by molar-refractivity contribution is 5.64. The number of benzene rings is 2. The molecule has 0 saturated carbocycles. The molecule has 2 heteroatoms. The predicted octanol–water partition coefficient (Wildman–Crippen LogP) is 3.67.